The molecule has 1 nitrogen and oxygen atoms in total. The van der Waals surface area contributed by atoms with Gasteiger partial charge in [0.15, 0.2) is 0 Å². The zero-order valence-electron chi connectivity index (χ0n) is 6.15. The van der Waals surface area contributed by atoms with Gasteiger partial charge in [0.25, 0.3) is 0 Å². The SMILES string of the molecule is OCCc1cc(F)c(Cl)c(Br)c1. The summed E-state index contributed by atoms with van der Waals surface area (Å²) in [5.41, 5.74) is 0.728. The fourth-order valence-corrected chi connectivity index (χ4v) is 1.47. The van der Waals surface area contributed by atoms with E-state index < -0.39 is 5.82 Å². The molecule has 0 bridgehead atoms. The molecule has 0 radical (unpaired) electrons. The first-order chi connectivity index (χ1) is 5.65. The molecule has 0 amide bonds. The number of rotatable bonds is 2. The summed E-state index contributed by atoms with van der Waals surface area (Å²) in [5, 5.41) is 8.68. The van der Waals surface area contributed by atoms with E-state index in [9.17, 15) is 4.39 Å². The third-order valence-electron chi connectivity index (χ3n) is 1.44. The summed E-state index contributed by atoms with van der Waals surface area (Å²) in [4.78, 5) is 0. The van der Waals surface area contributed by atoms with Crippen molar-refractivity contribution >= 4 is 27.5 Å². The van der Waals surface area contributed by atoms with E-state index in [1.807, 2.05) is 0 Å². The fourth-order valence-electron chi connectivity index (χ4n) is 0.881. The number of aliphatic hydroxyl groups excluding tert-OH is 1. The van der Waals surface area contributed by atoms with Crippen molar-refractivity contribution in [3.63, 3.8) is 0 Å². The van der Waals surface area contributed by atoms with Crippen molar-refractivity contribution in [3.05, 3.63) is 33.0 Å². The first kappa shape index (κ1) is 9.96. The van der Waals surface area contributed by atoms with E-state index in [1.165, 1.54) is 6.07 Å². The average molecular weight is 253 g/mol. The summed E-state index contributed by atoms with van der Waals surface area (Å²) in [6.45, 7) is 0.00745. The summed E-state index contributed by atoms with van der Waals surface area (Å²) in [5.74, 6) is -0.463. The highest BCUT2D eigenvalue weighted by Gasteiger charge is 2.05. The second-order valence-corrected chi connectivity index (χ2v) is 3.58. The number of benzene rings is 1. The molecule has 0 heterocycles. The predicted molar refractivity (Wildman–Crippen MR) is 49.9 cm³/mol. The van der Waals surface area contributed by atoms with Gasteiger partial charge in [0.2, 0.25) is 0 Å². The molecule has 1 rings (SSSR count). The van der Waals surface area contributed by atoms with Crippen LogP contribution in [0.1, 0.15) is 5.56 Å². The largest absolute Gasteiger partial charge is 0.396 e. The molecular formula is C8H7BrClFO. The Kier molecular flexibility index (Phi) is 3.50. The normalized spacial score (nSPS) is 10.3. The van der Waals surface area contributed by atoms with E-state index in [4.69, 9.17) is 16.7 Å². The van der Waals surface area contributed by atoms with Crippen LogP contribution in [0.4, 0.5) is 4.39 Å². The standard InChI is InChI=1S/C8H7BrClFO/c9-6-3-5(1-2-12)4-7(11)8(6)10/h3-4,12H,1-2H2. The quantitative estimate of drug-likeness (QED) is 0.804. The van der Waals surface area contributed by atoms with Gasteiger partial charge in [0.05, 0.1) is 5.02 Å². The van der Waals surface area contributed by atoms with Gasteiger partial charge in [0.1, 0.15) is 5.82 Å². The van der Waals surface area contributed by atoms with Crippen LogP contribution in [0, 0.1) is 5.82 Å². The smallest absolute Gasteiger partial charge is 0.143 e. The van der Waals surface area contributed by atoms with Gasteiger partial charge >= 0.3 is 0 Å². The van der Waals surface area contributed by atoms with E-state index in [0.717, 1.165) is 5.56 Å². The van der Waals surface area contributed by atoms with Crippen molar-refractivity contribution in [1.82, 2.24) is 0 Å². The Morgan fingerprint density at radius 2 is 2.17 bits per heavy atom. The molecule has 0 fully saturated rings. The Balaban J connectivity index is 3.04. The first-order valence-electron chi connectivity index (χ1n) is 3.39. The van der Waals surface area contributed by atoms with Crippen molar-refractivity contribution in [2.45, 2.75) is 6.42 Å². The Morgan fingerprint density at radius 1 is 1.50 bits per heavy atom. The highest BCUT2D eigenvalue weighted by molar-refractivity contribution is 9.10. The molecule has 66 valence electrons. The highest BCUT2D eigenvalue weighted by Crippen LogP contribution is 2.26. The molecule has 0 saturated carbocycles. The Morgan fingerprint density at radius 3 is 2.67 bits per heavy atom. The molecule has 1 aromatic carbocycles. The topological polar surface area (TPSA) is 20.2 Å². The lowest BCUT2D eigenvalue weighted by molar-refractivity contribution is 0.299. The third-order valence-corrected chi connectivity index (χ3v) is 2.68. The van der Waals surface area contributed by atoms with Gasteiger partial charge in [-0.1, -0.05) is 11.6 Å². The molecule has 12 heavy (non-hydrogen) atoms. The lowest BCUT2D eigenvalue weighted by atomic mass is 10.1. The summed E-state index contributed by atoms with van der Waals surface area (Å²) < 4.78 is 13.4. The lowest BCUT2D eigenvalue weighted by Gasteiger charge is -2.02. The maximum atomic E-state index is 12.9. The molecule has 0 saturated heterocycles. The predicted octanol–water partition coefficient (Wildman–Crippen LogP) is 2.78. The second-order valence-electron chi connectivity index (χ2n) is 2.35. The minimum absolute atomic E-state index is 0.00745. The number of aliphatic hydroxyl groups is 1. The minimum Gasteiger partial charge on any atom is -0.396 e. The molecule has 0 aromatic heterocycles. The van der Waals surface area contributed by atoms with Crippen LogP contribution in [-0.2, 0) is 6.42 Å². The fraction of sp³-hybridized carbons (Fsp3) is 0.250. The summed E-state index contributed by atoms with van der Waals surface area (Å²) in [7, 11) is 0. The molecule has 4 heteroatoms. The van der Waals surface area contributed by atoms with E-state index in [-0.39, 0.29) is 11.6 Å². The van der Waals surface area contributed by atoms with E-state index >= 15 is 0 Å². The molecule has 0 unspecified atom stereocenters. The summed E-state index contributed by atoms with van der Waals surface area (Å²) in [6.07, 6.45) is 0.437. The molecule has 0 aliphatic carbocycles. The Bertz CT molecular complexity index is 267. The minimum atomic E-state index is -0.463. The van der Waals surface area contributed by atoms with Crippen LogP contribution in [0.15, 0.2) is 16.6 Å². The summed E-state index contributed by atoms with van der Waals surface area (Å²) >= 11 is 8.68. The van der Waals surface area contributed by atoms with Crippen LogP contribution in [-0.4, -0.2) is 11.7 Å². The maximum absolute atomic E-state index is 12.9. The Labute approximate surface area is 83.3 Å². The van der Waals surface area contributed by atoms with Crippen LogP contribution in [0.25, 0.3) is 0 Å². The van der Waals surface area contributed by atoms with Gasteiger partial charge in [-0.05, 0) is 40.0 Å². The van der Waals surface area contributed by atoms with Gasteiger partial charge in [-0.2, -0.15) is 0 Å². The molecule has 0 aliphatic rings. The van der Waals surface area contributed by atoms with E-state index in [1.54, 1.807) is 6.07 Å². The molecule has 1 aromatic rings. The van der Waals surface area contributed by atoms with Crippen LogP contribution >= 0.6 is 27.5 Å². The molecule has 0 atom stereocenters. The van der Waals surface area contributed by atoms with Gasteiger partial charge in [0, 0.05) is 11.1 Å². The van der Waals surface area contributed by atoms with Crippen molar-refractivity contribution in [1.29, 1.82) is 0 Å². The van der Waals surface area contributed by atoms with Crippen molar-refractivity contribution < 1.29 is 9.50 Å². The third kappa shape index (κ3) is 2.19. The number of hydrogen-bond acceptors (Lipinski definition) is 1. The van der Waals surface area contributed by atoms with Gasteiger partial charge in [-0.15, -0.1) is 0 Å². The highest BCUT2D eigenvalue weighted by atomic mass is 79.9. The van der Waals surface area contributed by atoms with E-state index in [0.29, 0.717) is 10.9 Å². The Hall–Kier alpha value is -0.120. The molecule has 0 spiro atoms. The average Bonchev–Trinajstić information content (AvgIpc) is 2.01. The maximum Gasteiger partial charge on any atom is 0.143 e. The van der Waals surface area contributed by atoms with Crippen molar-refractivity contribution in [3.8, 4) is 0 Å². The zero-order chi connectivity index (χ0) is 9.14. The number of halogens is 3. The van der Waals surface area contributed by atoms with Gasteiger partial charge in [-0.3, -0.25) is 0 Å². The second kappa shape index (κ2) is 4.21. The molecule has 0 aliphatic heterocycles. The first-order valence-corrected chi connectivity index (χ1v) is 4.56. The zero-order valence-corrected chi connectivity index (χ0v) is 8.49. The van der Waals surface area contributed by atoms with Crippen LogP contribution in [0.3, 0.4) is 0 Å². The number of hydrogen-bond donors (Lipinski definition) is 1. The van der Waals surface area contributed by atoms with Gasteiger partial charge in [-0.25, -0.2) is 4.39 Å². The van der Waals surface area contributed by atoms with Crippen LogP contribution in [0.5, 0.6) is 0 Å². The van der Waals surface area contributed by atoms with Crippen molar-refractivity contribution in [2.24, 2.45) is 0 Å². The van der Waals surface area contributed by atoms with Crippen LogP contribution < -0.4 is 0 Å². The monoisotopic (exact) mass is 252 g/mol. The molecular weight excluding hydrogens is 246 g/mol. The lowest BCUT2D eigenvalue weighted by Crippen LogP contribution is -1.92. The summed E-state index contributed by atoms with van der Waals surface area (Å²) in [6, 6.07) is 3.02. The van der Waals surface area contributed by atoms with E-state index in [2.05, 4.69) is 15.9 Å². The van der Waals surface area contributed by atoms with Crippen LogP contribution in [0.2, 0.25) is 5.02 Å². The van der Waals surface area contributed by atoms with Crippen molar-refractivity contribution in [2.75, 3.05) is 6.61 Å². The van der Waals surface area contributed by atoms with Gasteiger partial charge < -0.3 is 5.11 Å². The molecule has 1 N–H and O–H groups in total.